The van der Waals surface area contributed by atoms with E-state index in [0.29, 0.717) is 6.42 Å². The summed E-state index contributed by atoms with van der Waals surface area (Å²) in [4.78, 5) is 10.6. The van der Waals surface area contributed by atoms with Gasteiger partial charge >= 0.3 is 0 Å². The molecule has 1 unspecified atom stereocenters. The van der Waals surface area contributed by atoms with Crippen LogP contribution in [0.2, 0.25) is 0 Å². The van der Waals surface area contributed by atoms with E-state index >= 15 is 0 Å². The number of amides is 1. The van der Waals surface area contributed by atoms with Crippen molar-refractivity contribution in [3.63, 3.8) is 0 Å². The van der Waals surface area contributed by atoms with E-state index in [1.807, 2.05) is 6.92 Å². The molecule has 0 saturated heterocycles. The van der Waals surface area contributed by atoms with Crippen molar-refractivity contribution in [1.29, 1.82) is 0 Å². The first kappa shape index (κ1) is 9.72. The summed E-state index contributed by atoms with van der Waals surface area (Å²) in [6.07, 6.45) is 1.51. The van der Waals surface area contributed by atoms with E-state index in [9.17, 15) is 4.79 Å². The van der Waals surface area contributed by atoms with Crippen LogP contribution in [-0.4, -0.2) is 18.0 Å². The topological polar surface area (TPSA) is 55.1 Å². The first-order valence-corrected chi connectivity index (χ1v) is 3.29. The largest absolute Gasteiger partial charge is 0.352 e. The Bertz CT molecular complexity index is 129. The summed E-state index contributed by atoms with van der Waals surface area (Å²) in [5.41, 5.74) is 5.45. The Labute approximate surface area is 66.8 Å². The molecule has 1 aliphatic carbocycles. The summed E-state index contributed by atoms with van der Waals surface area (Å²) >= 11 is 0. The van der Waals surface area contributed by atoms with Crippen LogP contribution in [0, 0.1) is 0 Å². The van der Waals surface area contributed by atoms with Gasteiger partial charge in [0.15, 0.2) is 0 Å². The van der Waals surface area contributed by atoms with Crippen LogP contribution < -0.4 is 11.1 Å². The van der Waals surface area contributed by atoms with Gasteiger partial charge in [0.1, 0.15) is 0 Å². The lowest BCUT2D eigenvalue weighted by molar-refractivity contribution is -0.120. The van der Waals surface area contributed by atoms with Gasteiger partial charge in [-0.1, -0.05) is 6.92 Å². The van der Waals surface area contributed by atoms with Gasteiger partial charge in [-0.05, 0) is 6.42 Å². The van der Waals surface area contributed by atoms with Gasteiger partial charge in [0.05, 0.1) is 0 Å². The van der Waals surface area contributed by atoms with Gasteiger partial charge in [0.2, 0.25) is 5.91 Å². The maximum absolute atomic E-state index is 10.6. The lowest BCUT2D eigenvalue weighted by Gasteiger charge is -1.97. The number of hydrogen-bond donors (Lipinski definition) is 2. The molecular formula is C6H13ClN2O. The fourth-order valence-corrected chi connectivity index (χ4v) is 0.689. The van der Waals surface area contributed by atoms with Gasteiger partial charge in [0, 0.05) is 18.5 Å². The second kappa shape index (κ2) is 3.78. The maximum Gasteiger partial charge on any atom is 0.219 e. The number of rotatable bonds is 2. The average molecular weight is 165 g/mol. The van der Waals surface area contributed by atoms with E-state index in [-0.39, 0.29) is 30.4 Å². The molecule has 60 valence electrons. The molecule has 0 radical (unpaired) electrons. The molecule has 1 aliphatic rings. The second-order valence-corrected chi connectivity index (χ2v) is 2.43. The van der Waals surface area contributed by atoms with Crippen molar-refractivity contribution < 1.29 is 4.79 Å². The molecule has 0 aliphatic heterocycles. The van der Waals surface area contributed by atoms with E-state index in [1.165, 1.54) is 0 Å². The van der Waals surface area contributed by atoms with Crippen molar-refractivity contribution in [2.45, 2.75) is 31.8 Å². The Balaban J connectivity index is 0.000000810. The number of hydrogen-bond acceptors (Lipinski definition) is 2. The summed E-state index contributed by atoms with van der Waals surface area (Å²) in [5, 5.41) is 2.79. The first-order chi connectivity index (χ1) is 4.24. The summed E-state index contributed by atoms with van der Waals surface area (Å²) in [6.45, 7) is 1.84. The van der Waals surface area contributed by atoms with E-state index in [1.54, 1.807) is 0 Å². The SMILES string of the molecule is CCC(=O)NC1C[C@@H]1N.Cl. The minimum Gasteiger partial charge on any atom is -0.352 e. The van der Waals surface area contributed by atoms with Crippen LogP contribution >= 0.6 is 12.4 Å². The summed E-state index contributed by atoms with van der Waals surface area (Å²) in [7, 11) is 0. The van der Waals surface area contributed by atoms with Crippen LogP contribution in [0.3, 0.4) is 0 Å². The molecule has 4 heteroatoms. The first-order valence-electron chi connectivity index (χ1n) is 3.29. The lowest BCUT2D eigenvalue weighted by atomic mass is 10.4. The van der Waals surface area contributed by atoms with Crippen LogP contribution in [0.25, 0.3) is 0 Å². The molecule has 1 fully saturated rings. The standard InChI is InChI=1S/C6H12N2O.ClH/c1-2-6(9)8-5-3-4(5)7;/h4-5H,2-3,7H2,1H3,(H,8,9);1H/t4-,5?;/m0./s1. The molecular weight excluding hydrogens is 152 g/mol. The zero-order valence-corrected chi connectivity index (χ0v) is 6.78. The van der Waals surface area contributed by atoms with Crippen LogP contribution in [-0.2, 0) is 4.79 Å². The van der Waals surface area contributed by atoms with Crippen molar-refractivity contribution in [3.05, 3.63) is 0 Å². The molecule has 0 bridgehead atoms. The predicted octanol–water partition coefficient (Wildman–Crippen LogP) is 0.0340. The molecule has 0 spiro atoms. The molecule has 10 heavy (non-hydrogen) atoms. The van der Waals surface area contributed by atoms with E-state index in [4.69, 9.17) is 5.73 Å². The molecule has 3 nitrogen and oxygen atoms in total. The average Bonchev–Trinajstić information content (AvgIpc) is 2.47. The minimum atomic E-state index is 0. The van der Waals surface area contributed by atoms with Gasteiger partial charge in [0.25, 0.3) is 0 Å². The Hall–Kier alpha value is -0.280. The zero-order valence-electron chi connectivity index (χ0n) is 5.96. The van der Waals surface area contributed by atoms with Gasteiger partial charge in [-0.3, -0.25) is 4.79 Å². The molecule has 0 aromatic rings. The van der Waals surface area contributed by atoms with Gasteiger partial charge < -0.3 is 11.1 Å². The fourth-order valence-electron chi connectivity index (χ4n) is 0.689. The molecule has 1 saturated carbocycles. The Kier molecular flexibility index (Phi) is 3.68. The Morgan fingerprint density at radius 2 is 2.30 bits per heavy atom. The number of nitrogens with two attached hydrogens (primary N) is 1. The van der Waals surface area contributed by atoms with Gasteiger partial charge in [-0.25, -0.2) is 0 Å². The minimum absolute atomic E-state index is 0. The molecule has 2 atom stereocenters. The van der Waals surface area contributed by atoms with E-state index < -0.39 is 0 Å². The molecule has 1 rings (SSSR count). The van der Waals surface area contributed by atoms with Gasteiger partial charge in [-0.15, -0.1) is 12.4 Å². The number of carbonyl (C=O) groups is 1. The van der Waals surface area contributed by atoms with Gasteiger partial charge in [-0.2, -0.15) is 0 Å². The highest BCUT2D eigenvalue weighted by molar-refractivity contribution is 5.85. The number of carbonyl (C=O) groups excluding carboxylic acids is 1. The van der Waals surface area contributed by atoms with Crippen molar-refractivity contribution in [2.75, 3.05) is 0 Å². The van der Waals surface area contributed by atoms with Crippen molar-refractivity contribution in [1.82, 2.24) is 5.32 Å². The quantitative estimate of drug-likeness (QED) is 0.606. The van der Waals surface area contributed by atoms with Crippen molar-refractivity contribution in [2.24, 2.45) is 5.73 Å². The lowest BCUT2D eigenvalue weighted by Crippen LogP contribution is -2.28. The van der Waals surface area contributed by atoms with Crippen LogP contribution in [0.15, 0.2) is 0 Å². The number of nitrogens with one attached hydrogen (secondary N) is 1. The second-order valence-electron chi connectivity index (χ2n) is 2.43. The van der Waals surface area contributed by atoms with E-state index in [0.717, 1.165) is 6.42 Å². The smallest absolute Gasteiger partial charge is 0.219 e. The highest BCUT2D eigenvalue weighted by Gasteiger charge is 2.34. The third kappa shape index (κ3) is 2.54. The fraction of sp³-hybridized carbons (Fsp3) is 0.833. The third-order valence-corrected chi connectivity index (χ3v) is 1.51. The molecule has 0 aromatic heterocycles. The maximum atomic E-state index is 10.6. The highest BCUT2D eigenvalue weighted by Crippen LogP contribution is 2.17. The van der Waals surface area contributed by atoms with Crippen molar-refractivity contribution >= 4 is 18.3 Å². The molecule has 0 aromatic carbocycles. The van der Waals surface area contributed by atoms with Crippen LogP contribution in [0.5, 0.6) is 0 Å². The Morgan fingerprint density at radius 1 is 1.80 bits per heavy atom. The molecule has 1 amide bonds. The number of halogens is 1. The summed E-state index contributed by atoms with van der Waals surface area (Å²) < 4.78 is 0. The predicted molar refractivity (Wildman–Crippen MR) is 42.1 cm³/mol. The monoisotopic (exact) mass is 164 g/mol. The van der Waals surface area contributed by atoms with Crippen LogP contribution in [0.4, 0.5) is 0 Å². The van der Waals surface area contributed by atoms with Crippen molar-refractivity contribution in [3.8, 4) is 0 Å². The Morgan fingerprint density at radius 3 is 2.60 bits per heavy atom. The summed E-state index contributed by atoms with van der Waals surface area (Å²) in [5.74, 6) is 0.105. The normalized spacial score (nSPS) is 28.6. The summed E-state index contributed by atoms with van der Waals surface area (Å²) in [6, 6.07) is 0.498. The molecule has 0 heterocycles. The third-order valence-electron chi connectivity index (χ3n) is 1.51. The highest BCUT2D eigenvalue weighted by atomic mass is 35.5. The zero-order chi connectivity index (χ0) is 6.85. The van der Waals surface area contributed by atoms with Crippen LogP contribution in [0.1, 0.15) is 19.8 Å². The molecule has 3 N–H and O–H groups in total. The van der Waals surface area contributed by atoms with E-state index in [2.05, 4.69) is 5.32 Å².